The quantitative estimate of drug-likeness (QED) is 0.0250. The van der Waals surface area contributed by atoms with Crippen LogP contribution in [0.15, 0.2) is 36.8 Å². The summed E-state index contributed by atoms with van der Waals surface area (Å²) in [7, 11) is 0. The molecule has 16 amide bonds. The number of carboxylic acid groups (broad SMARTS) is 1. The predicted octanol–water partition coefficient (Wildman–Crippen LogP) is -13.3. The normalized spacial score (nSPS) is 12.5. The molecule has 22 N–H and O–H groups in total. The summed E-state index contributed by atoms with van der Waals surface area (Å²) >= 11 is 0. The molecule has 2 heterocycles. The van der Waals surface area contributed by atoms with E-state index < -0.39 is 222 Å². The topological polar surface area (TPSA) is 658 Å². The number of carboxylic acids is 1. The van der Waals surface area contributed by atoms with Crippen molar-refractivity contribution in [2.24, 2.45) is 11.7 Å². The minimum Gasteiger partial charge on any atom is -0.480 e. The molecule has 0 fully saturated rings. The van der Waals surface area contributed by atoms with E-state index in [1.165, 1.54) is 12.5 Å². The standard InChI is InChI=1S/C54H76N22O21/c1-26(2)8-31(52(94)72-33(54(96)97)10-30-12-56-25-66-30)67-47(90)21-65-49(91)32(11-37(55)80)71-53(95)36(24-79)70-46(89)20-62-41(84)15-59-43(86)17-64-51(93)35(23-78)69-45(88)19-61-40(83)14-58-42(85)16-63-50(92)34(22-77)68-44(87)18-60-39(82)13-57-38(81)9-28-4-6-29(7-5-28)48-75-73-27(3)74-76-48/h4-7,12,25-26,31-36,77-79H,8-11,13-24H2,1-3H3,(H2,55,80)(H,56,66)(H,57,81)(H,58,85)(H,59,86)(H,60,82)(H,61,83)(H,62,84)(H,63,92)(H,64,93)(H,65,91)(H,67,90)(H,68,87)(H,69,88)(H,70,89)(H,71,95)(H,72,94)(H,96,97)/t31-,32-,33-,34-,35-,36-/m0/s1. The number of aliphatic hydroxyl groups is 3. The van der Waals surface area contributed by atoms with Crippen molar-refractivity contribution in [2.75, 3.05) is 78.7 Å². The van der Waals surface area contributed by atoms with Crippen molar-refractivity contribution in [1.82, 2.24) is 110 Å². The minimum absolute atomic E-state index is 0.0384. The van der Waals surface area contributed by atoms with Crippen molar-refractivity contribution in [3.63, 3.8) is 0 Å². The molecule has 3 rings (SSSR count). The van der Waals surface area contributed by atoms with E-state index in [-0.39, 0.29) is 31.0 Å². The second kappa shape index (κ2) is 41.7. The predicted molar refractivity (Wildman–Crippen MR) is 325 cm³/mol. The van der Waals surface area contributed by atoms with Crippen LogP contribution in [-0.4, -0.2) is 266 Å². The highest BCUT2D eigenvalue weighted by molar-refractivity contribution is 5.99. The molecule has 2 aromatic heterocycles. The van der Waals surface area contributed by atoms with E-state index in [1.807, 2.05) is 0 Å². The van der Waals surface area contributed by atoms with Gasteiger partial charge in [-0.05, 0) is 24.8 Å². The number of primary amides is 1. The lowest BCUT2D eigenvalue weighted by atomic mass is 10.0. The van der Waals surface area contributed by atoms with Gasteiger partial charge in [-0.15, -0.1) is 20.4 Å². The zero-order valence-electron chi connectivity index (χ0n) is 52.4. The van der Waals surface area contributed by atoms with E-state index in [0.717, 1.165) is 0 Å². The lowest BCUT2D eigenvalue weighted by Crippen LogP contribution is -2.57. The van der Waals surface area contributed by atoms with Crippen LogP contribution in [0.5, 0.6) is 0 Å². The third kappa shape index (κ3) is 31.6. The number of carbonyl (C=O) groups is 17. The third-order valence-corrected chi connectivity index (χ3v) is 12.6. The van der Waals surface area contributed by atoms with Crippen molar-refractivity contribution < 1.29 is 102 Å². The van der Waals surface area contributed by atoms with E-state index in [1.54, 1.807) is 45.0 Å². The number of nitrogens with one attached hydrogen (secondary N) is 16. The molecule has 3 aromatic rings. The summed E-state index contributed by atoms with van der Waals surface area (Å²) in [6, 6.07) is -2.92. The highest BCUT2D eigenvalue weighted by Crippen LogP contribution is 2.14. The van der Waals surface area contributed by atoms with Gasteiger partial charge >= 0.3 is 5.97 Å². The number of H-pyrrole nitrogens is 1. The summed E-state index contributed by atoms with van der Waals surface area (Å²) < 4.78 is 0. The van der Waals surface area contributed by atoms with Gasteiger partial charge in [-0.25, -0.2) is 9.78 Å². The van der Waals surface area contributed by atoms with E-state index in [4.69, 9.17) is 5.73 Å². The fourth-order valence-electron chi connectivity index (χ4n) is 7.71. The number of aromatic nitrogens is 6. The second-order valence-corrected chi connectivity index (χ2v) is 21.0. The first-order valence-electron chi connectivity index (χ1n) is 29.1. The van der Waals surface area contributed by atoms with Crippen LogP contribution in [0.2, 0.25) is 0 Å². The molecule has 1 aromatic carbocycles. The van der Waals surface area contributed by atoms with Gasteiger partial charge in [0.2, 0.25) is 100 Å². The molecular weight excluding hydrogens is 1290 g/mol. The van der Waals surface area contributed by atoms with Gasteiger partial charge in [-0.1, -0.05) is 38.1 Å². The average molecular weight is 1370 g/mol. The van der Waals surface area contributed by atoms with E-state index in [2.05, 4.69) is 110 Å². The Labute approximate surface area is 549 Å². The summed E-state index contributed by atoms with van der Waals surface area (Å²) in [5.74, 6) is -16.6. The van der Waals surface area contributed by atoms with Gasteiger partial charge in [0.15, 0.2) is 5.82 Å². The SMILES string of the molecule is Cc1nnc(-c2ccc(CC(=O)NCC(=O)NCC(=O)N[C@@H](CO)C(=O)NCC(=O)NCC(=O)NCC(=O)N[C@@H](CO)C(=O)NCC(=O)NCC(=O)NCC(=O)N[C@@H](CO)C(=O)N[C@@H](CC(N)=O)C(=O)NCC(=O)N[C@@H](CC(C)C)C(=O)N[C@@H](Cc3cnc[nH]3)C(=O)O)cc2)nn1. The smallest absolute Gasteiger partial charge is 0.326 e. The molecule has 0 aliphatic heterocycles. The Bertz CT molecular complexity index is 3280. The van der Waals surface area contributed by atoms with Gasteiger partial charge in [0, 0.05) is 23.9 Å². The Hall–Kier alpha value is -11.8. The zero-order chi connectivity index (χ0) is 72.1. The lowest BCUT2D eigenvalue weighted by Gasteiger charge is -2.23. The van der Waals surface area contributed by atoms with Gasteiger partial charge in [-0.3, -0.25) is 76.7 Å². The summed E-state index contributed by atoms with van der Waals surface area (Å²) in [5, 5.41) is 86.9. The fourth-order valence-corrected chi connectivity index (χ4v) is 7.71. The summed E-state index contributed by atoms with van der Waals surface area (Å²) in [6.45, 7) is -4.77. The molecule has 0 spiro atoms. The Kier molecular flexibility index (Phi) is 34.2. The number of amides is 16. The van der Waals surface area contributed by atoms with Crippen molar-refractivity contribution >= 4 is 100 Å². The average Bonchev–Trinajstić information content (AvgIpc) is 1.13. The summed E-state index contributed by atoms with van der Waals surface area (Å²) in [6.07, 6.45) is 1.61. The maximum absolute atomic E-state index is 13.1. The van der Waals surface area contributed by atoms with Crippen LogP contribution in [-0.2, 0) is 94.3 Å². The van der Waals surface area contributed by atoms with Crippen LogP contribution in [0, 0.1) is 12.8 Å². The van der Waals surface area contributed by atoms with Gasteiger partial charge in [0.05, 0.1) is 97.9 Å². The van der Waals surface area contributed by atoms with Crippen LogP contribution >= 0.6 is 0 Å². The molecule has 43 nitrogen and oxygen atoms in total. The molecule has 0 aliphatic carbocycles. The highest BCUT2D eigenvalue weighted by atomic mass is 16.4. The number of aryl methyl sites for hydroxylation is 1. The van der Waals surface area contributed by atoms with Gasteiger partial charge in [0.1, 0.15) is 36.3 Å². The van der Waals surface area contributed by atoms with Gasteiger partial charge in [-0.2, -0.15) is 0 Å². The first-order valence-corrected chi connectivity index (χ1v) is 29.1. The summed E-state index contributed by atoms with van der Waals surface area (Å²) in [4.78, 5) is 219. The number of aliphatic hydroxyl groups excluding tert-OH is 3. The molecule has 0 saturated heterocycles. The Morgan fingerprint density at radius 3 is 1.20 bits per heavy atom. The van der Waals surface area contributed by atoms with Crippen molar-refractivity contribution in [3.8, 4) is 11.4 Å². The van der Waals surface area contributed by atoms with Gasteiger partial charge < -0.3 is 111 Å². The molecule has 6 atom stereocenters. The Morgan fingerprint density at radius 2 is 0.804 bits per heavy atom. The van der Waals surface area contributed by atoms with Crippen LogP contribution in [0.1, 0.15) is 43.8 Å². The molecule has 0 bridgehead atoms. The van der Waals surface area contributed by atoms with Crippen molar-refractivity contribution in [1.29, 1.82) is 0 Å². The molecule has 0 saturated carbocycles. The monoisotopic (exact) mass is 1370 g/mol. The number of nitrogens with zero attached hydrogens (tertiary/aromatic N) is 5. The van der Waals surface area contributed by atoms with Crippen LogP contribution < -0.4 is 85.5 Å². The zero-order valence-corrected chi connectivity index (χ0v) is 52.4. The maximum Gasteiger partial charge on any atom is 0.326 e. The number of hydrogen-bond donors (Lipinski definition) is 21. The van der Waals surface area contributed by atoms with Gasteiger partial charge in [0.25, 0.3) is 0 Å². The van der Waals surface area contributed by atoms with E-state index >= 15 is 0 Å². The second-order valence-electron chi connectivity index (χ2n) is 21.0. The number of aromatic amines is 1. The number of carbonyl (C=O) groups excluding carboxylic acids is 16. The van der Waals surface area contributed by atoms with Crippen molar-refractivity contribution in [3.05, 3.63) is 53.9 Å². The van der Waals surface area contributed by atoms with E-state index in [0.29, 0.717) is 22.6 Å². The number of imidazole rings is 1. The van der Waals surface area contributed by atoms with Crippen molar-refractivity contribution in [2.45, 2.75) is 82.7 Å². The molecule has 0 radical (unpaired) electrons. The van der Waals surface area contributed by atoms with Crippen LogP contribution in [0.3, 0.4) is 0 Å². The third-order valence-electron chi connectivity index (χ3n) is 12.6. The van der Waals surface area contributed by atoms with Crippen LogP contribution in [0.4, 0.5) is 0 Å². The number of nitrogens with two attached hydrogens (primary N) is 1. The van der Waals surface area contributed by atoms with E-state index in [9.17, 15) is 102 Å². The Balaban J connectivity index is 1.30. The maximum atomic E-state index is 13.1. The molecule has 528 valence electrons. The molecule has 0 unspecified atom stereocenters. The Morgan fingerprint density at radius 1 is 0.443 bits per heavy atom. The van der Waals surface area contributed by atoms with Crippen LogP contribution in [0.25, 0.3) is 11.4 Å². The number of benzene rings is 1. The first-order chi connectivity index (χ1) is 46.0. The highest BCUT2D eigenvalue weighted by Gasteiger charge is 2.31. The molecule has 43 heteroatoms. The molecule has 97 heavy (non-hydrogen) atoms. The first kappa shape index (κ1) is 79.5. The summed E-state index contributed by atoms with van der Waals surface area (Å²) in [5.41, 5.74) is 6.86. The lowest BCUT2D eigenvalue weighted by molar-refractivity contribution is -0.142. The molecular formula is C54H76N22O21. The largest absolute Gasteiger partial charge is 0.480 e. The number of rotatable bonds is 42. The number of aliphatic carboxylic acids is 1. The fraction of sp³-hybridized carbons (Fsp3) is 0.481. The minimum atomic E-state index is -1.81. The molecule has 0 aliphatic rings. The number of hydrogen-bond acceptors (Lipinski definition) is 25.